The summed E-state index contributed by atoms with van der Waals surface area (Å²) in [7, 11) is 0. The molecule has 1 aromatic rings. The average molecular weight is 243 g/mol. The number of nitrogens with zero attached hydrogens (tertiary/aromatic N) is 1. The molecule has 5 N–H and O–H groups in total. The molecule has 2 rings (SSSR count). The molecule has 4 nitrogen and oxygen atoms in total. The lowest BCUT2D eigenvalue weighted by molar-refractivity contribution is 0.322. The number of nitrogen functional groups attached to an aromatic ring is 1. The topological polar surface area (TPSA) is 77.0 Å². The van der Waals surface area contributed by atoms with E-state index in [0.29, 0.717) is 11.7 Å². The smallest absolute Gasteiger partial charge is 0.128 e. The number of aromatic nitrogens is 1. The highest BCUT2D eigenvalue weighted by Crippen LogP contribution is 2.28. The third-order valence-electron chi connectivity index (χ3n) is 3.12. The molecule has 1 fully saturated rings. The summed E-state index contributed by atoms with van der Waals surface area (Å²) < 4.78 is 0. The van der Waals surface area contributed by atoms with Crippen LogP contribution in [0.15, 0.2) is 18.3 Å². The van der Waals surface area contributed by atoms with E-state index >= 15 is 0 Å². The maximum absolute atomic E-state index is 6.22. The second-order valence-electron chi connectivity index (χ2n) is 4.09. The van der Waals surface area contributed by atoms with Gasteiger partial charge in [-0.1, -0.05) is 6.07 Å². The monoisotopic (exact) mass is 242 g/mol. The van der Waals surface area contributed by atoms with E-state index in [1.165, 1.54) is 0 Å². The molecule has 0 radical (unpaired) electrons. The van der Waals surface area contributed by atoms with Gasteiger partial charge in [-0.05, 0) is 37.9 Å². The number of rotatable bonds is 2. The average Bonchev–Trinajstić information content (AvgIpc) is 2.30. The van der Waals surface area contributed by atoms with Crippen molar-refractivity contribution >= 4 is 18.2 Å². The molecule has 90 valence electrons. The molecule has 0 aromatic carbocycles. The number of hydrogen-bond acceptors (Lipinski definition) is 4. The molecule has 0 saturated carbocycles. The first kappa shape index (κ1) is 13.2. The van der Waals surface area contributed by atoms with Gasteiger partial charge >= 0.3 is 0 Å². The molecule has 0 bridgehead atoms. The van der Waals surface area contributed by atoms with Gasteiger partial charge in [0.05, 0.1) is 0 Å². The Kier molecular flexibility index (Phi) is 4.99. The van der Waals surface area contributed by atoms with Gasteiger partial charge in [0.15, 0.2) is 0 Å². The second-order valence-corrected chi connectivity index (χ2v) is 4.09. The minimum atomic E-state index is 0. The lowest BCUT2D eigenvalue weighted by atomic mass is 9.87. The van der Waals surface area contributed by atoms with Gasteiger partial charge in [0.2, 0.25) is 0 Å². The predicted octanol–water partition coefficient (Wildman–Crippen LogP) is 1.08. The highest BCUT2D eigenvalue weighted by Gasteiger charge is 2.23. The molecule has 1 aliphatic rings. The van der Waals surface area contributed by atoms with Gasteiger partial charge in [0.1, 0.15) is 5.82 Å². The summed E-state index contributed by atoms with van der Waals surface area (Å²) in [6.45, 7) is 2.11. The van der Waals surface area contributed by atoms with Crippen molar-refractivity contribution in [3.05, 3.63) is 23.9 Å². The first-order valence-corrected chi connectivity index (χ1v) is 5.45. The molecular formula is C11H19ClN4. The SMILES string of the molecule is Cl.Nc1ncccc1[C@H](N)C1CCNCC1. The van der Waals surface area contributed by atoms with Crippen LogP contribution in [-0.2, 0) is 0 Å². The summed E-state index contributed by atoms with van der Waals surface area (Å²) in [4.78, 5) is 4.08. The molecular weight excluding hydrogens is 224 g/mol. The fourth-order valence-electron chi connectivity index (χ4n) is 2.17. The van der Waals surface area contributed by atoms with Crippen LogP contribution in [0.4, 0.5) is 5.82 Å². The zero-order chi connectivity index (χ0) is 10.7. The quantitative estimate of drug-likeness (QED) is 0.726. The molecule has 0 aliphatic carbocycles. The highest BCUT2D eigenvalue weighted by molar-refractivity contribution is 5.85. The molecule has 0 amide bonds. The molecule has 0 spiro atoms. The Morgan fingerprint density at radius 3 is 2.69 bits per heavy atom. The number of piperidine rings is 1. The van der Waals surface area contributed by atoms with Crippen LogP contribution < -0.4 is 16.8 Å². The Labute approximate surface area is 102 Å². The van der Waals surface area contributed by atoms with Crippen LogP contribution in [-0.4, -0.2) is 18.1 Å². The molecule has 5 heteroatoms. The first-order valence-electron chi connectivity index (χ1n) is 5.45. The standard InChI is InChI=1S/C11H18N4.ClH/c12-10(8-3-6-14-7-4-8)9-2-1-5-15-11(9)13;/h1-2,5,8,10,14H,3-4,6-7,12H2,(H2,13,15);1H/t10-;/m1./s1. The molecule has 1 aliphatic heterocycles. The maximum atomic E-state index is 6.22. The summed E-state index contributed by atoms with van der Waals surface area (Å²) in [5.41, 5.74) is 13.0. The molecule has 1 atom stereocenters. The van der Waals surface area contributed by atoms with E-state index in [0.717, 1.165) is 31.5 Å². The second kappa shape index (κ2) is 6.03. The van der Waals surface area contributed by atoms with Crippen LogP contribution in [0.1, 0.15) is 24.4 Å². The summed E-state index contributed by atoms with van der Waals surface area (Å²) in [5, 5.41) is 3.33. The van der Waals surface area contributed by atoms with Crippen LogP contribution in [0.5, 0.6) is 0 Å². The van der Waals surface area contributed by atoms with Crippen LogP contribution in [0.2, 0.25) is 0 Å². The zero-order valence-electron chi connectivity index (χ0n) is 9.23. The lowest BCUT2D eigenvalue weighted by Gasteiger charge is -2.28. The van der Waals surface area contributed by atoms with E-state index in [4.69, 9.17) is 11.5 Å². The van der Waals surface area contributed by atoms with Crippen molar-refractivity contribution in [3.8, 4) is 0 Å². The van der Waals surface area contributed by atoms with Crippen molar-refractivity contribution in [1.82, 2.24) is 10.3 Å². The summed E-state index contributed by atoms with van der Waals surface area (Å²) in [5.74, 6) is 1.10. The van der Waals surface area contributed by atoms with Crippen molar-refractivity contribution in [2.75, 3.05) is 18.8 Å². The van der Waals surface area contributed by atoms with E-state index in [1.807, 2.05) is 12.1 Å². The fourth-order valence-corrected chi connectivity index (χ4v) is 2.17. The number of pyridine rings is 1. The van der Waals surface area contributed by atoms with Crippen molar-refractivity contribution in [1.29, 1.82) is 0 Å². The normalized spacial score (nSPS) is 18.8. The van der Waals surface area contributed by atoms with Crippen LogP contribution in [0, 0.1) is 5.92 Å². The van der Waals surface area contributed by atoms with Crippen LogP contribution in [0.3, 0.4) is 0 Å². The van der Waals surface area contributed by atoms with E-state index in [2.05, 4.69) is 10.3 Å². The molecule has 16 heavy (non-hydrogen) atoms. The molecule has 2 heterocycles. The summed E-state index contributed by atoms with van der Waals surface area (Å²) in [6, 6.07) is 3.91. The minimum absolute atomic E-state index is 0. The van der Waals surface area contributed by atoms with Gasteiger partial charge in [-0.2, -0.15) is 0 Å². The van der Waals surface area contributed by atoms with Crippen molar-refractivity contribution in [2.45, 2.75) is 18.9 Å². The Bertz CT molecular complexity index is 326. The summed E-state index contributed by atoms with van der Waals surface area (Å²) >= 11 is 0. The Balaban J connectivity index is 0.00000128. The molecule has 1 saturated heterocycles. The van der Waals surface area contributed by atoms with E-state index in [9.17, 15) is 0 Å². The third kappa shape index (κ3) is 2.84. The largest absolute Gasteiger partial charge is 0.383 e. The first-order chi connectivity index (χ1) is 7.29. The van der Waals surface area contributed by atoms with Gasteiger partial charge in [-0.15, -0.1) is 12.4 Å². The number of hydrogen-bond donors (Lipinski definition) is 3. The Morgan fingerprint density at radius 2 is 2.06 bits per heavy atom. The van der Waals surface area contributed by atoms with E-state index in [1.54, 1.807) is 6.20 Å². The van der Waals surface area contributed by atoms with Crippen molar-refractivity contribution < 1.29 is 0 Å². The fraction of sp³-hybridized carbons (Fsp3) is 0.545. The Hall–Kier alpha value is -0.840. The third-order valence-corrected chi connectivity index (χ3v) is 3.12. The number of nitrogens with two attached hydrogens (primary N) is 2. The molecule has 1 aromatic heterocycles. The van der Waals surface area contributed by atoms with Gasteiger partial charge in [-0.3, -0.25) is 0 Å². The van der Waals surface area contributed by atoms with Gasteiger partial charge in [0.25, 0.3) is 0 Å². The zero-order valence-corrected chi connectivity index (χ0v) is 10.0. The minimum Gasteiger partial charge on any atom is -0.383 e. The van der Waals surface area contributed by atoms with Gasteiger partial charge in [-0.25, -0.2) is 4.98 Å². The highest BCUT2D eigenvalue weighted by atomic mass is 35.5. The summed E-state index contributed by atoms with van der Waals surface area (Å²) in [6.07, 6.45) is 3.94. The van der Waals surface area contributed by atoms with Crippen molar-refractivity contribution in [2.24, 2.45) is 11.7 Å². The predicted molar refractivity (Wildman–Crippen MR) is 68.4 cm³/mol. The van der Waals surface area contributed by atoms with Gasteiger partial charge < -0.3 is 16.8 Å². The lowest BCUT2D eigenvalue weighted by Crippen LogP contribution is -2.34. The number of anilines is 1. The Morgan fingerprint density at radius 1 is 1.38 bits per heavy atom. The van der Waals surface area contributed by atoms with Crippen LogP contribution >= 0.6 is 12.4 Å². The molecule has 0 unspecified atom stereocenters. The van der Waals surface area contributed by atoms with E-state index in [-0.39, 0.29) is 18.4 Å². The van der Waals surface area contributed by atoms with Crippen LogP contribution in [0.25, 0.3) is 0 Å². The van der Waals surface area contributed by atoms with Gasteiger partial charge in [0, 0.05) is 17.8 Å². The number of nitrogens with one attached hydrogen (secondary N) is 1. The van der Waals surface area contributed by atoms with Crippen molar-refractivity contribution in [3.63, 3.8) is 0 Å². The number of halogens is 1. The van der Waals surface area contributed by atoms with E-state index < -0.39 is 0 Å². The maximum Gasteiger partial charge on any atom is 0.128 e.